The summed E-state index contributed by atoms with van der Waals surface area (Å²) in [4.78, 5) is 11.6. The molecule has 0 aliphatic carbocycles. The predicted octanol–water partition coefficient (Wildman–Crippen LogP) is 2.25. The number of carbonyl (C=O) groups excluding carboxylic acids is 1. The molecule has 0 aliphatic rings. The van der Waals surface area contributed by atoms with Crippen molar-refractivity contribution < 1.29 is 17.9 Å². The molecule has 0 spiro atoms. The molecule has 0 saturated heterocycles. The van der Waals surface area contributed by atoms with Gasteiger partial charge in [0, 0.05) is 0 Å². The summed E-state index contributed by atoms with van der Waals surface area (Å²) in [6, 6.07) is 3.17. The van der Waals surface area contributed by atoms with E-state index in [-0.39, 0.29) is 4.21 Å². The van der Waals surface area contributed by atoms with Crippen molar-refractivity contribution >= 4 is 27.1 Å². The van der Waals surface area contributed by atoms with Crippen molar-refractivity contribution in [1.29, 1.82) is 0 Å². The molecule has 0 N–H and O–H groups in total. The normalized spacial score (nSPS) is 13.3. The highest BCUT2D eigenvalue weighted by molar-refractivity contribution is 7.94. The van der Waals surface area contributed by atoms with Gasteiger partial charge < -0.3 is 4.74 Å². The van der Waals surface area contributed by atoms with Crippen molar-refractivity contribution in [2.75, 3.05) is 7.11 Å². The Kier molecular flexibility index (Phi) is 5.14. The molecular formula is C11H16O4S2. The Bertz CT molecular complexity index is 448. The van der Waals surface area contributed by atoms with Crippen LogP contribution in [0.1, 0.15) is 26.2 Å². The van der Waals surface area contributed by atoms with Crippen molar-refractivity contribution in [1.82, 2.24) is 0 Å². The minimum atomic E-state index is -3.60. The van der Waals surface area contributed by atoms with Gasteiger partial charge in [0.1, 0.15) is 4.21 Å². The van der Waals surface area contributed by atoms with Gasteiger partial charge in [0.05, 0.1) is 7.11 Å². The number of rotatable bonds is 6. The molecule has 1 atom stereocenters. The Morgan fingerprint density at radius 2 is 2.24 bits per heavy atom. The molecule has 0 aliphatic heterocycles. The highest BCUT2D eigenvalue weighted by Crippen LogP contribution is 2.24. The number of sulfone groups is 1. The fraction of sp³-hybridized carbons (Fsp3) is 0.545. The number of esters is 1. The predicted molar refractivity (Wildman–Crippen MR) is 66.8 cm³/mol. The van der Waals surface area contributed by atoms with E-state index in [9.17, 15) is 13.2 Å². The van der Waals surface area contributed by atoms with Crippen molar-refractivity contribution in [2.45, 2.75) is 35.6 Å². The lowest BCUT2D eigenvalue weighted by atomic mass is 10.2. The first-order valence-electron chi connectivity index (χ1n) is 5.39. The average Bonchev–Trinajstić information content (AvgIpc) is 2.83. The summed E-state index contributed by atoms with van der Waals surface area (Å²) in [5.74, 6) is -0.674. The van der Waals surface area contributed by atoms with Crippen molar-refractivity contribution in [2.24, 2.45) is 0 Å². The molecular weight excluding hydrogens is 260 g/mol. The van der Waals surface area contributed by atoms with Gasteiger partial charge in [-0.15, -0.1) is 11.3 Å². The molecule has 0 radical (unpaired) electrons. The van der Waals surface area contributed by atoms with Gasteiger partial charge in [-0.3, -0.25) is 4.79 Å². The van der Waals surface area contributed by atoms with Gasteiger partial charge in [0.15, 0.2) is 5.25 Å². The lowest BCUT2D eigenvalue weighted by Gasteiger charge is -2.13. The van der Waals surface area contributed by atoms with E-state index in [4.69, 9.17) is 0 Å². The fourth-order valence-electron chi connectivity index (χ4n) is 1.49. The lowest BCUT2D eigenvalue weighted by Crippen LogP contribution is -2.31. The number of unbranched alkanes of at least 4 members (excludes halogenated alkanes) is 1. The molecule has 0 aromatic carbocycles. The zero-order valence-electron chi connectivity index (χ0n) is 9.88. The first kappa shape index (κ1) is 14.2. The van der Waals surface area contributed by atoms with E-state index < -0.39 is 21.1 Å². The Labute approximate surface area is 106 Å². The Balaban J connectivity index is 3.01. The molecule has 1 rings (SSSR count). The monoisotopic (exact) mass is 276 g/mol. The zero-order valence-corrected chi connectivity index (χ0v) is 11.5. The number of ether oxygens (including phenoxy) is 1. The van der Waals surface area contributed by atoms with Gasteiger partial charge in [-0.05, 0) is 17.9 Å². The Morgan fingerprint density at radius 1 is 1.53 bits per heavy atom. The molecule has 1 aromatic rings. The Morgan fingerprint density at radius 3 is 2.71 bits per heavy atom. The standard InChI is InChI=1S/C11H16O4S2/c1-3-4-6-9(11(12)15-2)17(13,14)10-7-5-8-16-10/h5,7-9H,3-4,6H2,1-2H3. The van der Waals surface area contributed by atoms with Crippen molar-refractivity contribution in [3.05, 3.63) is 17.5 Å². The molecule has 1 unspecified atom stereocenters. The van der Waals surface area contributed by atoms with E-state index in [2.05, 4.69) is 4.74 Å². The van der Waals surface area contributed by atoms with Crippen molar-refractivity contribution in [3.8, 4) is 0 Å². The largest absolute Gasteiger partial charge is 0.468 e. The number of carbonyl (C=O) groups is 1. The fourth-order valence-corrected chi connectivity index (χ4v) is 4.36. The van der Waals surface area contributed by atoms with E-state index in [0.717, 1.165) is 17.8 Å². The maximum Gasteiger partial charge on any atom is 0.324 e. The molecule has 6 heteroatoms. The SMILES string of the molecule is CCCCC(C(=O)OC)S(=O)(=O)c1cccs1. The van der Waals surface area contributed by atoms with Crippen LogP contribution in [0.4, 0.5) is 0 Å². The van der Waals surface area contributed by atoms with Crippen LogP contribution < -0.4 is 0 Å². The molecule has 96 valence electrons. The smallest absolute Gasteiger partial charge is 0.324 e. The third-order valence-electron chi connectivity index (χ3n) is 2.43. The third kappa shape index (κ3) is 3.29. The molecule has 0 amide bonds. The highest BCUT2D eigenvalue weighted by atomic mass is 32.2. The zero-order chi connectivity index (χ0) is 12.9. The van der Waals surface area contributed by atoms with E-state index in [1.54, 1.807) is 11.4 Å². The van der Waals surface area contributed by atoms with Gasteiger partial charge in [-0.1, -0.05) is 25.8 Å². The van der Waals surface area contributed by atoms with Gasteiger partial charge in [-0.25, -0.2) is 8.42 Å². The maximum absolute atomic E-state index is 12.2. The second-order valence-electron chi connectivity index (χ2n) is 3.63. The molecule has 17 heavy (non-hydrogen) atoms. The van der Waals surface area contributed by atoms with Crippen LogP contribution in [0.3, 0.4) is 0 Å². The maximum atomic E-state index is 12.2. The van der Waals surface area contributed by atoms with Crippen LogP contribution in [-0.2, 0) is 19.4 Å². The highest BCUT2D eigenvalue weighted by Gasteiger charge is 2.34. The first-order valence-corrected chi connectivity index (χ1v) is 7.81. The number of thiophene rings is 1. The van der Waals surface area contributed by atoms with Crippen LogP contribution in [-0.4, -0.2) is 26.7 Å². The number of hydrogen-bond donors (Lipinski definition) is 0. The summed E-state index contributed by atoms with van der Waals surface area (Å²) in [5, 5.41) is 0.604. The van der Waals surface area contributed by atoms with Crippen LogP contribution in [0.5, 0.6) is 0 Å². The minimum Gasteiger partial charge on any atom is -0.468 e. The average molecular weight is 276 g/mol. The summed E-state index contributed by atoms with van der Waals surface area (Å²) in [5.41, 5.74) is 0. The molecule has 4 nitrogen and oxygen atoms in total. The summed E-state index contributed by atoms with van der Waals surface area (Å²) in [7, 11) is -2.38. The molecule has 0 saturated carbocycles. The van der Waals surface area contributed by atoms with Crippen LogP contribution in [0, 0.1) is 0 Å². The topological polar surface area (TPSA) is 60.4 Å². The minimum absolute atomic E-state index is 0.226. The van der Waals surface area contributed by atoms with Gasteiger partial charge >= 0.3 is 5.97 Å². The van der Waals surface area contributed by atoms with Crippen LogP contribution >= 0.6 is 11.3 Å². The van der Waals surface area contributed by atoms with E-state index in [0.29, 0.717) is 12.8 Å². The molecule has 0 fully saturated rings. The summed E-state index contributed by atoms with van der Waals surface area (Å²) in [6.07, 6.45) is 1.83. The Hall–Kier alpha value is -0.880. The second-order valence-corrected chi connectivity index (χ2v) is 6.94. The van der Waals surface area contributed by atoms with Crippen LogP contribution in [0.2, 0.25) is 0 Å². The molecule has 1 heterocycles. The third-order valence-corrected chi connectivity index (χ3v) is 5.96. The summed E-state index contributed by atoms with van der Waals surface area (Å²) in [6.45, 7) is 1.95. The molecule has 0 bridgehead atoms. The van der Waals surface area contributed by atoms with Crippen LogP contribution in [0.25, 0.3) is 0 Å². The van der Waals surface area contributed by atoms with Gasteiger partial charge in [0.25, 0.3) is 0 Å². The number of methoxy groups -OCH3 is 1. The van der Waals surface area contributed by atoms with Gasteiger partial charge in [-0.2, -0.15) is 0 Å². The van der Waals surface area contributed by atoms with E-state index in [1.807, 2.05) is 6.92 Å². The first-order chi connectivity index (χ1) is 8.04. The summed E-state index contributed by atoms with van der Waals surface area (Å²) >= 11 is 1.12. The second kappa shape index (κ2) is 6.16. The van der Waals surface area contributed by atoms with E-state index in [1.165, 1.54) is 13.2 Å². The number of hydrogen-bond acceptors (Lipinski definition) is 5. The summed E-state index contributed by atoms with van der Waals surface area (Å²) < 4.78 is 29.2. The lowest BCUT2D eigenvalue weighted by molar-refractivity contribution is -0.140. The van der Waals surface area contributed by atoms with Crippen LogP contribution in [0.15, 0.2) is 21.7 Å². The van der Waals surface area contributed by atoms with Gasteiger partial charge in [0.2, 0.25) is 9.84 Å². The van der Waals surface area contributed by atoms with Crippen molar-refractivity contribution in [3.63, 3.8) is 0 Å². The van der Waals surface area contributed by atoms with E-state index >= 15 is 0 Å². The molecule has 1 aromatic heterocycles. The quantitative estimate of drug-likeness (QED) is 0.748.